The maximum atomic E-state index is 12.5. The minimum Gasteiger partial charge on any atom is -0.461 e. The first-order valence-corrected chi connectivity index (χ1v) is 19.1. The lowest BCUT2D eigenvalue weighted by atomic mass is 9.99. The Morgan fingerprint density at radius 1 is 0.889 bits per heavy atom. The number of hydrogen-bond donors (Lipinski definition) is 4. The molecule has 1 saturated heterocycles. The lowest BCUT2D eigenvalue weighted by Gasteiger charge is -2.30. The van der Waals surface area contributed by atoms with Crippen molar-refractivity contribution in [3.63, 3.8) is 0 Å². The van der Waals surface area contributed by atoms with E-state index < -0.39 is 29.0 Å². The Kier molecular flexibility index (Phi) is 22.9. The van der Waals surface area contributed by atoms with E-state index in [4.69, 9.17) is 9.47 Å². The number of hydrogen-bond acceptors (Lipinski definition) is 9. The quantitative estimate of drug-likeness (QED) is 0.111. The molecule has 0 aliphatic carbocycles. The summed E-state index contributed by atoms with van der Waals surface area (Å²) in [5.74, 6) is -2.94. The van der Waals surface area contributed by atoms with E-state index in [1.807, 2.05) is 41.5 Å². The highest BCUT2D eigenvalue weighted by molar-refractivity contribution is 6.03. The molecule has 2 unspecified atom stereocenters. The number of carbonyl (C=O) groups excluding carboxylic acids is 7. The zero-order valence-electron chi connectivity index (χ0n) is 34.7. The molecule has 0 saturated carbocycles. The number of esters is 1. The van der Waals surface area contributed by atoms with Gasteiger partial charge in [0.05, 0.1) is 18.1 Å². The number of ether oxygens (including phenoxy) is 2. The van der Waals surface area contributed by atoms with E-state index in [0.29, 0.717) is 25.1 Å². The van der Waals surface area contributed by atoms with Crippen LogP contribution in [0.4, 0.5) is 5.69 Å². The molecule has 0 spiro atoms. The number of anilines is 1. The SMILES string of the molecule is CC.CC(C)C(=O)OCc1ccc(NC(=O)C(C)NC(=O)CNC(=O)CCC(C)(C)OCCC(C)(C)NC(=O)CCN2C(=O)CC(C)C2=O)cc1.CCC. The zero-order chi connectivity index (χ0) is 41.6. The summed E-state index contributed by atoms with van der Waals surface area (Å²) < 4.78 is 11.2. The molecule has 0 radical (unpaired) electrons. The van der Waals surface area contributed by atoms with Crippen LogP contribution in [0, 0.1) is 11.8 Å². The number of imide groups is 1. The second kappa shape index (κ2) is 24.9. The number of likely N-dealkylation sites (tertiary alicyclic amines) is 1. The van der Waals surface area contributed by atoms with Crippen LogP contribution in [0.3, 0.4) is 0 Å². The third kappa shape index (κ3) is 20.2. The van der Waals surface area contributed by atoms with Crippen molar-refractivity contribution in [3.05, 3.63) is 29.8 Å². The second-order valence-corrected chi connectivity index (χ2v) is 14.8. The Hall–Kier alpha value is -4.33. The molecule has 1 aliphatic heterocycles. The van der Waals surface area contributed by atoms with E-state index in [1.54, 1.807) is 45.0 Å². The normalized spacial score (nSPS) is 14.5. The third-order valence-electron chi connectivity index (χ3n) is 7.97. The minimum atomic E-state index is -0.861. The molecule has 1 aromatic carbocycles. The highest BCUT2D eigenvalue weighted by atomic mass is 16.5. The fraction of sp³-hybridized carbons (Fsp3) is 0.675. The monoisotopic (exact) mass is 761 g/mol. The molecule has 2 rings (SSSR count). The smallest absolute Gasteiger partial charge is 0.308 e. The summed E-state index contributed by atoms with van der Waals surface area (Å²) in [5.41, 5.74) is 0.0186. The van der Waals surface area contributed by atoms with Crippen LogP contribution in [-0.4, -0.2) is 83.2 Å². The first-order chi connectivity index (χ1) is 25.2. The molecule has 54 heavy (non-hydrogen) atoms. The van der Waals surface area contributed by atoms with Crippen molar-refractivity contribution < 1.29 is 43.0 Å². The second-order valence-electron chi connectivity index (χ2n) is 14.8. The van der Waals surface area contributed by atoms with Gasteiger partial charge in [-0.25, -0.2) is 0 Å². The van der Waals surface area contributed by atoms with Crippen molar-refractivity contribution in [3.8, 4) is 0 Å². The maximum Gasteiger partial charge on any atom is 0.308 e. The molecule has 14 nitrogen and oxygen atoms in total. The Morgan fingerprint density at radius 2 is 1.48 bits per heavy atom. The van der Waals surface area contributed by atoms with Crippen LogP contribution in [0.1, 0.15) is 127 Å². The molecular weight excluding hydrogens is 694 g/mol. The number of nitrogens with one attached hydrogen (secondary N) is 4. The van der Waals surface area contributed by atoms with Crippen LogP contribution in [0.5, 0.6) is 0 Å². The van der Waals surface area contributed by atoms with Gasteiger partial charge in [0, 0.05) is 49.6 Å². The fourth-order valence-corrected chi connectivity index (χ4v) is 4.75. The van der Waals surface area contributed by atoms with E-state index in [2.05, 4.69) is 35.1 Å². The summed E-state index contributed by atoms with van der Waals surface area (Å²) in [4.78, 5) is 86.6. The first kappa shape index (κ1) is 49.7. The predicted molar refractivity (Wildman–Crippen MR) is 209 cm³/mol. The molecule has 1 fully saturated rings. The molecular formula is C40H67N5O9. The minimum absolute atomic E-state index is 0.0223. The van der Waals surface area contributed by atoms with Crippen LogP contribution in [0.2, 0.25) is 0 Å². The zero-order valence-corrected chi connectivity index (χ0v) is 34.7. The molecule has 306 valence electrons. The van der Waals surface area contributed by atoms with Gasteiger partial charge in [-0.15, -0.1) is 0 Å². The van der Waals surface area contributed by atoms with Crippen molar-refractivity contribution in [2.45, 2.75) is 145 Å². The fourth-order valence-electron chi connectivity index (χ4n) is 4.75. The molecule has 2 atom stereocenters. The Bertz CT molecular complexity index is 1380. The van der Waals surface area contributed by atoms with E-state index >= 15 is 0 Å². The van der Waals surface area contributed by atoms with Gasteiger partial charge in [0.15, 0.2) is 0 Å². The van der Waals surface area contributed by atoms with Crippen molar-refractivity contribution in [1.29, 1.82) is 0 Å². The van der Waals surface area contributed by atoms with Gasteiger partial charge in [-0.1, -0.05) is 67.0 Å². The average Bonchev–Trinajstić information content (AvgIpc) is 3.34. The Balaban J connectivity index is 0.00000533. The molecule has 14 heteroatoms. The van der Waals surface area contributed by atoms with Crippen molar-refractivity contribution >= 4 is 47.1 Å². The topological polar surface area (TPSA) is 189 Å². The molecule has 1 heterocycles. The lowest BCUT2D eigenvalue weighted by molar-refractivity contribution is -0.148. The van der Waals surface area contributed by atoms with E-state index in [1.165, 1.54) is 13.3 Å². The Morgan fingerprint density at radius 3 is 2.02 bits per heavy atom. The van der Waals surface area contributed by atoms with Crippen LogP contribution in [-0.2, 0) is 49.6 Å². The largest absolute Gasteiger partial charge is 0.461 e. The highest BCUT2D eigenvalue weighted by Gasteiger charge is 2.35. The number of amides is 6. The summed E-state index contributed by atoms with van der Waals surface area (Å²) in [6.07, 6.45) is 2.42. The van der Waals surface area contributed by atoms with E-state index in [-0.39, 0.29) is 80.4 Å². The van der Waals surface area contributed by atoms with Crippen molar-refractivity contribution in [1.82, 2.24) is 20.9 Å². The van der Waals surface area contributed by atoms with Gasteiger partial charge in [0.2, 0.25) is 35.4 Å². The number of benzene rings is 1. The average molecular weight is 762 g/mol. The van der Waals surface area contributed by atoms with Crippen LogP contribution in [0.25, 0.3) is 0 Å². The maximum absolute atomic E-state index is 12.5. The lowest BCUT2D eigenvalue weighted by Crippen LogP contribution is -2.46. The summed E-state index contributed by atoms with van der Waals surface area (Å²) in [6, 6.07) is 5.93. The molecule has 1 aromatic rings. The van der Waals surface area contributed by atoms with Crippen LogP contribution < -0.4 is 21.3 Å². The molecule has 4 N–H and O–H groups in total. The summed E-state index contributed by atoms with van der Waals surface area (Å²) in [6.45, 7) is 22.6. The molecule has 1 aliphatic rings. The van der Waals surface area contributed by atoms with Gasteiger partial charge in [0.25, 0.3) is 0 Å². The van der Waals surface area contributed by atoms with Crippen molar-refractivity contribution in [2.75, 3.05) is 25.0 Å². The molecule has 0 aromatic heterocycles. The summed E-state index contributed by atoms with van der Waals surface area (Å²) in [5, 5.41) is 10.7. The number of nitrogens with zero attached hydrogens (tertiary/aromatic N) is 1. The van der Waals surface area contributed by atoms with Gasteiger partial charge in [-0.3, -0.25) is 38.5 Å². The molecule has 6 amide bonds. The summed E-state index contributed by atoms with van der Waals surface area (Å²) >= 11 is 0. The van der Waals surface area contributed by atoms with Gasteiger partial charge < -0.3 is 30.7 Å². The number of carbonyl (C=O) groups is 7. The highest BCUT2D eigenvalue weighted by Crippen LogP contribution is 2.21. The van der Waals surface area contributed by atoms with Crippen LogP contribution >= 0.6 is 0 Å². The predicted octanol–water partition coefficient (Wildman–Crippen LogP) is 5.03. The first-order valence-electron chi connectivity index (χ1n) is 19.1. The third-order valence-corrected chi connectivity index (χ3v) is 7.97. The van der Waals surface area contributed by atoms with E-state index in [0.717, 1.165) is 10.5 Å². The van der Waals surface area contributed by atoms with Crippen molar-refractivity contribution in [2.24, 2.45) is 11.8 Å². The summed E-state index contributed by atoms with van der Waals surface area (Å²) in [7, 11) is 0. The standard InChI is InChI=1S/C35H53N5O9.C3H8.C2H6/c1-22(2)33(47)48-21-25-9-11-26(12-10-25)38-31(45)24(4)37-29(43)20-36-27(41)13-15-35(7,8)49-18-16-34(5,6)39-28(42)14-17-40-30(44)19-23(3)32(40)46;1-3-2;1-2/h9-12,22-24H,13-21H2,1-8H3,(H,36,41)(H,37,43)(H,38,45)(H,39,42);3H2,1-2H3;1-2H3. The van der Waals surface area contributed by atoms with Gasteiger partial charge >= 0.3 is 5.97 Å². The Labute approximate surface area is 322 Å². The van der Waals surface area contributed by atoms with Gasteiger partial charge in [0.1, 0.15) is 12.6 Å². The van der Waals surface area contributed by atoms with Gasteiger partial charge in [-0.2, -0.15) is 0 Å². The molecule has 0 bridgehead atoms. The van der Waals surface area contributed by atoms with Gasteiger partial charge in [-0.05, 0) is 65.2 Å². The number of rotatable bonds is 19. The van der Waals surface area contributed by atoms with E-state index in [9.17, 15) is 33.6 Å². The van der Waals surface area contributed by atoms with Crippen LogP contribution in [0.15, 0.2) is 24.3 Å².